The minimum atomic E-state index is -4.42. The first-order valence-electron chi connectivity index (χ1n) is 23.1. The summed E-state index contributed by atoms with van der Waals surface area (Å²) in [6.45, 7) is 4.08. The highest BCUT2D eigenvalue weighted by atomic mass is 31.2. The molecule has 61 heavy (non-hydrogen) atoms. The molecule has 0 radical (unpaired) electrons. The van der Waals surface area contributed by atoms with E-state index in [2.05, 4.69) is 56.4 Å². The summed E-state index contributed by atoms with van der Waals surface area (Å²) in [7, 11) is 1.38. The number of likely N-dealkylation sites (N-methyl/N-ethyl adjacent to an activating group) is 1. The third kappa shape index (κ3) is 44.7. The molecule has 0 rings (SSSR count). The lowest BCUT2D eigenvalue weighted by atomic mass is 10.1. The van der Waals surface area contributed by atoms with Crippen LogP contribution in [0.25, 0.3) is 0 Å². The lowest BCUT2D eigenvalue weighted by molar-refractivity contribution is -0.870. The van der Waals surface area contributed by atoms with Crippen LogP contribution in [-0.4, -0.2) is 86.1 Å². The number of rotatable bonds is 40. The summed E-state index contributed by atoms with van der Waals surface area (Å²) in [4.78, 5) is 35.4. The molecule has 0 amide bonds. The predicted octanol–water partition coefficient (Wildman–Crippen LogP) is 12.3. The fourth-order valence-electron chi connectivity index (χ4n) is 5.56. The number of unbranched alkanes of at least 4 members (excludes halogenated alkanes) is 10. The Morgan fingerprint density at radius 1 is 0.607 bits per heavy atom. The number of allylic oxidation sites excluding steroid dienone is 14. The number of quaternary nitrogens is 1. The normalized spacial score (nSPS) is 14.9. The van der Waals surface area contributed by atoms with Crippen LogP contribution >= 0.6 is 7.82 Å². The van der Waals surface area contributed by atoms with E-state index in [-0.39, 0.29) is 26.1 Å². The quantitative estimate of drug-likeness (QED) is 0.0154. The summed E-state index contributed by atoms with van der Waals surface area (Å²) in [6, 6.07) is 0. The topological polar surface area (TPSA) is 129 Å². The van der Waals surface area contributed by atoms with Gasteiger partial charge in [0.2, 0.25) is 0 Å². The summed E-state index contributed by atoms with van der Waals surface area (Å²) in [5, 5.41) is 10.0. The van der Waals surface area contributed by atoms with Crippen molar-refractivity contribution in [3.63, 3.8) is 0 Å². The number of ether oxygens (including phenoxy) is 2. The van der Waals surface area contributed by atoms with E-state index in [1.54, 1.807) is 6.08 Å². The Kier molecular flexibility index (Phi) is 38.8. The van der Waals surface area contributed by atoms with Crippen LogP contribution < -0.4 is 0 Å². The van der Waals surface area contributed by atoms with E-state index >= 15 is 0 Å². The molecular weight excluding hydrogens is 790 g/mol. The van der Waals surface area contributed by atoms with Gasteiger partial charge in [-0.1, -0.05) is 156 Å². The van der Waals surface area contributed by atoms with Gasteiger partial charge >= 0.3 is 19.8 Å². The van der Waals surface area contributed by atoms with Crippen molar-refractivity contribution in [3.8, 4) is 0 Å². The monoisotopic (exact) mass is 875 g/mol. The second-order valence-electron chi connectivity index (χ2n) is 16.2. The van der Waals surface area contributed by atoms with Gasteiger partial charge < -0.3 is 24.0 Å². The highest BCUT2D eigenvalue weighted by Gasteiger charge is 2.27. The summed E-state index contributed by atoms with van der Waals surface area (Å²) in [5.74, 6) is -0.945. The number of aliphatic hydroxyl groups excluding tert-OH is 1. The number of carbonyl (C=O) groups excluding carboxylic acids is 2. The molecule has 0 aliphatic heterocycles. The maximum atomic E-state index is 12.7. The number of phosphoric ester groups is 1. The van der Waals surface area contributed by atoms with E-state index in [0.717, 1.165) is 51.4 Å². The Morgan fingerprint density at radius 2 is 1.16 bits per heavy atom. The lowest BCUT2D eigenvalue weighted by Crippen LogP contribution is -2.37. The van der Waals surface area contributed by atoms with Gasteiger partial charge in [-0.15, -0.1) is 0 Å². The van der Waals surface area contributed by atoms with Crippen LogP contribution in [0.4, 0.5) is 0 Å². The molecular formula is C50H85NO9P+. The summed E-state index contributed by atoms with van der Waals surface area (Å²) < 4.78 is 34.2. The first-order chi connectivity index (χ1) is 29.4. The van der Waals surface area contributed by atoms with Crippen LogP contribution in [-0.2, 0) is 32.7 Å². The summed E-state index contributed by atoms with van der Waals surface area (Å²) in [5.41, 5.74) is 0. The van der Waals surface area contributed by atoms with Crippen molar-refractivity contribution in [2.75, 3.05) is 47.5 Å². The molecule has 3 atom stereocenters. The minimum Gasteiger partial charge on any atom is -0.462 e. The standard InChI is InChI=1S/C50H84NO9P/c1-6-8-10-12-14-15-16-17-18-19-20-21-22-26-29-33-37-41-49(53)57-45-48(46-59-61(55,56)58-44-43-51(3,4)5)60-50(54)42-38-34-30-27-24-23-25-28-32-36-40-47(52)39-35-31-13-11-9-7-2/h9,11,14-15,17-18,23-24,28,30-32,34-36,40,47-48,52H,6-8,10,12-13,16,19-22,25-27,29,33,37-39,41-46H2,1-5H3/p+1/b11-9-,15-14-,18-17-,24-23-,32-28-,34-30-,35-31-,40-36+/t47?,48-/m1/s1. The molecule has 0 bridgehead atoms. The molecule has 2 N–H and O–H groups in total. The lowest BCUT2D eigenvalue weighted by Gasteiger charge is -2.24. The van der Waals surface area contributed by atoms with Gasteiger partial charge in [-0.05, 0) is 77.0 Å². The SMILES string of the molecule is CC/C=C\C/C=C\CC(O)/C=C/C=C\C/C=C\C/C=C\CCC(=O)O[C@H](COC(=O)CCCCCCCCC/C=C\C/C=C\CCCCC)COP(=O)(O)OCC[N+](C)(C)C. The van der Waals surface area contributed by atoms with E-state index in [0.29, 0.717) is 36.7 Å². The van der Waals surface area contributed by atoms with Crippen molar-refractivity contribution in [1.82, 2.24) is 0 Å². The van der Waals surface area contributed by atoms with E-state index < -0.39 is 38.6 Å². The summed E-state index contributed by atoms with van der Waals surface area (Å²) >= 11 is 0. The zero-order chi connectivity index (χ0) is 45.1. The van der Waals surface area contributed by atoms with Crippen molar-refractivity contribution in [1.29, 1.82) is 0 Å². The maximum absolute atomic E-state index is 12.7. The Labute approximate surface area is 371 Å². The van der Waals surface area contributed by atoms with Gasteiger partial charge in [-0.25, -0.2) is 4.57 Å². The molecule has 0 aromatic carbocycles. The molecule has 0 aliphatic rings. The number of hydrogen-bond acceptors (Lipinski definition) is 8. The molecule has 11 heteroatoms. The number of carbonyl (C=O) groups is 2. The molecule has 348 valence electrons. The van der Waals surface area contributed by atoms with Gasteiger partial charge in [-0.2, -0.15) is 0 Å². The molecule has 0 aromatic rings. The van der Waals surface area contributed by atoms with Crippen LogP contribution in [0.1, 0.15) is 149 Å². The zero-order valence-electron chi connectivity index (χ0n) is 38.7. The first-order valence-corrected chi connectivity index (χ1v) is 24.6. The molecule has 0 aromatic heterocycles. The number of phosphoric acid groups is 1. The Balaban J connectivity index is 4.55. The number of esters is 2. The fourth-order valence-corrected chi connectivity index (χ4v) is 6.31. The third-order valence-corrected chi connectivity index (χ3v) is 10.2. The van der Waals surface area contributed by atoms with E-state index in [1.807, 2.05) is 69.8 Å². The van der Waals surface area contributed by atoms with Gasteiger partial charge in [0.25, 0.3) is 0 Å². The van der Waals surface area contributed by atoms with Gasteiger partial charge in [0.1, 0.15) is 19.8 Å². The maximum Gasteiger partial charge on any atom is 0.472 e. The van der Waals surface area contributed by atoms with Gasteiger partial charge in [0, 0.05) is 12.8 Å². The molecule has 10 nitrogen and oxygen atoms in total. The van der Waals surface area contributed by atoms with Crippen molar-refractivity contribution in [2.24, 2.45) is 0 Å². The van der Waals surface area contributed by atoms with Gasteiger partial charge in [0.05, 0.1) is 33.9 Å². The van der Waals surface area contributed by atoms with Crippen LogP contribution in [0.3, 0.4) is 0 Å². The number of nitrogens with zero attached hydrogens (tertiary/aromatic N) is 1. The molecule has 0 saturated carbocycles. The molecule has 0 heterocycles. The minimum absolute atomic E-state index is 0.00212. The Hall–Kier alpha value is -3.11. The van der Waals surface area contributed by atoms with Crippen molar-refractivity contribution >= 4 is 19.8 Å². The molecule has 0 fully saturated rings. The number of hydrogen-bond donors (Lipinski definition) is 2. The van der Waals surface area contributed by atoms with Crippen molar-refractivity contribution in [2.45, 2.75) is 161 Å². The average Bonchev–Trinajstić information content (AvgIpc) is 3.21. The highest BCUT2D eigenvalue weighted by Crippen LogP contribution is 2.43. The molecule has 0 spiro atoms. The predicted molar refractivity (Wildman–Crippen MR) is 253 cm³/mol. The van der Waals surface area contributed by atoms with Crippen LogP contribution in [0.5, 0.6) is 0 Å². The fraction of sp³-hybridized carbons (Fsp3) is 0.640. The van der Waals surface area contributed by atoms with Crippen LogP contribution in [0, 0.1) is 0 Å². The Bertz CT molecular complexity index is 1370. The third-order valence-electron chi connectivity index (χ3n) is 9.19. The van der Waals surface area contributed by atoms with Crippen LogP contribution in [0.15, 0.2) is 97.2 Å². The molecule has 2 unspecified atom stereocenters. The van der Waals surface area contributed by atoms with E-state index in [9.17, 15) is 24.2 Å². The second kappa shape index (κ2) is 40.9. The average molecular weight is 875 g/mol. The van der Waals surface area contributed by atoms with Gasteiger partial charge in [-0.3, -0.25) is 18.6 Å². The Morgan fingerprint density at radius 3 is 1.80 bits per heavy atom. The van der Waals surface area contributed by atoms with Crippen molar-refractivity contribution < 1.29 is 47.2 Å². The van der Waals surface area contributed by atoms with E-state index in [1.165, 1.54) is 44.9 Å². The largest absolute Gasteiger partial charge is 0.472 e. The second-order valence-corrected chi connectivity index (χ2v) is 17.7. The molecule has 0 saturated heterocycles. The van der Waals surface area contributed by atoms with Gasteiger partial charge in [0.15, 0.2) is 6.10 Å². The van der Waals surface area contributed by atoms with Crippen LogP contribution in [0.2, 0.25) is 0 Å². The smallest absolute Gasteiger partial charge is 0.462 e. The van der Waals surface area contributed by atoms with E-state index in [4.69, 9.17) is 18.5 Å². The highest BCUT2D eigenvalue weighted by molar-refractivity contribution is 7.47. The molecule has 0 aliphatic carbocycles. The first kappa shape index (κ1) is 57.9. The number of aliphatic hydroxyl groups is 1. The summed E-state index contributed by atoms with van der Waals surface area (Å²) in [6.07, 6.45) is 50.7. The van der Waals surface area contributed by atoms with Crippen molar-refractivity contribution in [3.05, 3.63) is 97.2 Å². The zero-order valence-corrected chi connectivity index (χ0v) is 39.6.